The first kappa shape index (κ1) is 25.8. The summed E-state index contributed by atoms with van der Waals surface area (Å²) in [6, 6.07) is 0. The lowest BCUT2D eigenvalue weighted by atomic mass is 10.0. The van der Waals surface area contributed by atoms with Gasteiger partial charge in [-0.05, 0) is 20.3 Å². The first-order chi connectivity index (χ1) is 13.2. The van der Waals surface area contributed by atoms with Gasteiger partial charge in [0.05, 0.1) is 52.0 Å². The van der Waals surface area contributed by atoms with Gasteiger partial charge in [0.25, 0.3) is 0 Å². The van der Waals surface area contributed by atoms with Crippen molar-refractivity contribution in [3.63, 3.8) is 0 Å². The molecular formula is C19H36O8. The van der Waals surface area contributed by atoms with E-state index in [0.717, 1.165) is 6.42 Å². The molecule has 8 heteroatoms. The standard InChI is InChI=1S/C19H36O8/c1-4-7-17(19(21)27-15-13-25-11-9-23-6-3)16-18(20)26-14-12-24-10-8-22-5-2/h17H,4-16H2,1-3H3. The molecular weight excluding hydrogens is 356 g/mol. The second kappa shape index (κ2) is 19.5. The molecule has 0 N–H and O–H groups in total. The molecule has 1 atom stereocenters. The second-order valence-corrected chi connectivity index (χ2v) is 5.70. The van der Waals surface area contributed by atoms with Crippen molar-refractivity contribution in [3.8, 4) is 0 Å². The normalized spacial score (nSPS) is 12.0. The van der Waals surface area contributed by atoms with Crippen LogP contribution in [0.25, 0.3) is 0 Å². The molecule has 0 aliphatic rings. The van der Waals surface area contributed by atoms with Gasteiger partial charge in [-0.25, -0.2) is 0 Å². The molecule has 0 aromatic carbocycles. The summed E-state index contributed by atoms with van der Waals surface area (Å²) in [7, 11) is 0. The minimum atomic E-state index is -0.496. The van der Waals surface area contributed by atoms with E-state index in [4.69, 9.17) is 28.4 Å². The van der Waals surface area contributed by atoms with Crippen molar-refractivity contribution in [1.82, 2.24) is 0 Å². The van der Waals surface area contributed by atoms with Crippen LogP contribution in [-0.4, -0.2) is 78.0 Å². The Morgan fingerprint density at radius 2 is 1.15 bits per heavy atom. The van der Waals surface area contributed by atoms with Crippen LogP contribution < -0.4 is 0 Å². The quantitative estimate of drug-likeness (QED) is 0.244. The highest BCUT2D eigenvalue weighted by Gasteiger charge is 2.23. The van der Waals surface area contributed by atoms with Gasteiger partial charge in [-0.3, -0.25) is 9.59 Å². The minimum Gasteiger partial charge on any atom is -0.463 e. The van der Waals surface area contributed by atoms with Gasteiger partial charge < -0.3 is 28.4 Å². The number of hydrogen-bond acceptors (Lipinski definition) is 8. The number of esters is 2. The Morgan fingerprint density at radius 1 is 0.667 bits per heavy atom. The molecule has 27 heavy (non-hydrogen) atoms. The molecule has 0 aromatic rings. The number of carbonyl (C=O) groups is 2. The molecule has 160 valence electrons. The fourth-order valence-electron chi connectivity index (χ4n) is 2.17. The van der Waals surface area contributed by atoms with Crippen LogP contribution >= 0.6 is 0 Å². The maximum Gasteiger partial charge on any atom is 0.309 e. The maximum atomic E-state index is 12.1. The Hall–Kier alpha value is -1.22. The third kappa shape index (κ3) is 16.7. The number of carbonyl (C=O) groups excluding carboxylic acids is 2. The Kier molecular flexibility index (Phi) is 18.7. The Balaban J connectivity index is 3.88. The molecule has 0 aliphatic carbocycles. The summed E-state index contributed by atoms with van der Waals surface area (Å²) >= 11 is 0. The van der Waals surface area contributed by atoms with Crippen LogP contribution in [0.15, 0.2) is 0 Å². The molecule has 0 amide bonds. The fourth-order valence-corrected chi connectivity index (χ4v) is 2.17. The average molecular weight is 392 g/mol. The highest BCUT2D eigenvalue weighted by Crippen LogP contribution is 2.14. The highest BCUT2D eigenvalue weighted by molar-refractivity contribution is 5.79. The van der Waals surface area contributed by atoms with Gasteiger partial charge in [0.2, 0.25) is 0 Å². The lowest BCUT2D eigenvalue weighted by molar-refractivity contribution is -0.157. The van der Waals surface area contributed by atoms with Crippen molar-refractivity contribution in [2.45, 2.75) is 40.0 Å². The van der Waals surface area contributed by atoms with Gasteiger partial charge in [-0.2, -0.15) is 0 Å². The summed E-state index contributed by atoms with van der Waals surface area (Å²) in [4.78, 5) is 24.0. The topological polar surface area (TPSA) is 89.5 Å². The van der Waals surface area contributed by atoms with Crippen LogP contribution in [0.5, 0.6) is 0 Å². The zero-order valence-electron chi connectivity index (χ0n) is 17.0. The van der Waals surface area contributed by atoms with E-state index in [2.05, 4.69) is 0 Å². The van der Waals surface area contributed by atoms with Gasteiger partial charge in [-0.15, -0.1) is 0 Å². The minimum absolute atomic E-state index is 0.0107. The molecule has 0 spiro atoms. The highest BCUT2D eigenvalue weighted by atomic mass is 16.6. The van der Waals surface area contributed by atoms with E-state index in [1.54, 1.807) is 0 Å². The van der Waals surface area contributed by atoms with E-state index in [1.165, 1.54) is 0 Å². The molecule has 0 radical (unpaired) electrons. The van der Waals surface area contributed by atoms with Crippen molar-refractivity contribution >= 4 is 11.9 Å². The van der Waals surface area contributed by atoms with Crippen molar-refractivity contribution in [1.29, 1.82) is 0 Å². The summed E-state index contributed by atoms with van der Waals surface area (Å²) in [5.41, 5.74) is 0. The smallest absolute Gasteiger partial charge is 0.309 e. The zero-order chi connectivity index (χ0) is 20.2. The van der Waals surface area contributed by atoms with Gasteiger partial charge in [0.15, 0.2) is 0 Å². The third-order valence-electron chi connectivity index (χ3n) is 3.50. The van der Waals surface area contributed by atoms with E-state index in [1.807, 2.05) is 20.8 Å². The largest absolute Gasteiger partial charge is 0.463 e. The molecule has 1 unspecified atom stereocenters. The molecule has 0 aliphatic heterocycles. The van der Waals surface area contributed by atoms with E-state index >= 15 is 0 Å². The van der Waals surface area contributed by atoms with Crippen LogP contribution in [0.4, 0.5) is 0 Å². The average Bonchev–Trinajstić information content (AvgIpc) is 2.66. The van der Waals surface area contributed by atoms with E-state index in [-0.39, 0.29) is 19.6 Å². The predicted octanol–water partition coefficient (Wildman–Crippen LogP) is 1.99. The summed E-state index contributed by atoms with van der Waals surface area (Å²) in [6.45, 7) is 9.96. The van der Waals surface area contributed by atoms with Crippen LogP contribution in [0.3, 0.4) is 0 Å². The van der Waals surface area contributed by atoms with Crippen molar-refractivity contribution in [2.75, 3.05) is 66.1 Å². The molecule has 0 saturated carbocycles. The first-order valence-electron chi connectivity index (χ1n) is 9.78. The Morgan fingerprint density at radius 3 is 1.67 bits per heavy atom. The van der Waals surface area contributed by atoms with Gasteiger partial charge in [0.1, 0.15) is 13.2 Å². The van der Waals surface area contributed by atoms with Crippen LogP contribution in [0, 0.1) is 5.92 Å². The maximum absolute atomic E-state index is 12.1. The Bertz CT molecular complexity index is 362. The summed E-state index contributed by atoms with van der Waals surface area (Å²) < 4.78 is 31.1. The Labute approximate surface area is 162 Å². The lowest BCUT2D eigenvalue weighted by Gasteiger charge is -2.15. The van der Waals surface area contributed by atoms with Crippen LogP contribution in [0.1, 0.15) is 40.0 Å². The first-order valence-corrected chi connectivity index (χ1v) is 9.78. The molecule has 0 fully saturated rings. The van der Waals surface area contributed by atoms with Gasteiger partial charge >= 0.3 is 11.9 Å². The van der Waals surface area contributed by atoms with Crippen LogP contribution in [-0.2, 0) is 38.0 Å². The van der Waals surface area contributed by atoms with Gasteiger partial charge in [0, 0.05) is 13.2 Å². The molecule has 0 bridgehead atoms. The predicted molar refractivity (Wildman–Crippen MR) is 99.6 cm³/mol. The number of hydrogen-bond donors (Lipinski definition) is 0. The summed E-state index contributed by atoms with van der Waals surface area (Å²) in [6.07, 6.45) is 1.36. The number of ether oxygens (including phenoxy) is 6. The molecule has 8 nitrogen and oxygen atoms in total. The molecule has 0 heterocycles. The molecule has 0 rings (SSSR count). The van der Waals surface area contributed by atoms with Crippen molar-refractivity contribution in [3.05, 3.63) is 0 Å². The van der Waals surface area contributed by atoms with E-state index in [0.29, 0.717) is 59.3 Å². The van der Waals surface area contributed by atoms with Crippen LogP contribution in [0.2, 0.25) is 0 Å². The van der Waals surface area contributed by atoms with Crippen molar-refractivity contribution < 1.29 is 38.0 Å². The number of rotatable bonds is 19. The monoisotopic (exact) mass is 392 g/mol. The van der Waals surface area contributed by atoms with E-state index in [9.17, 15) is 9.59 Å². The molecule has 0 saturated heterocycles. The molecule has 0 aromatic heterocycles. The van der Waals surface area contributed by atoms with Gasteiger partial charge in [-0.1, -0.05) is 13.3 Å². The summed E-state index contributed by atoms with van der Waals surface area (Å²) in [5, 5.41) is 0. The van der Waals surface area contributed by atoms with E-state index < -0.39 is 17.9 Å². The SMILES string of the molecule is CCCC(CC(=O)OCCOCCOCC)C(=O)OCCOCCOCC. The fraction of sp³-hybridized carbons (Fsp3) is 0.895. The van der Waals surface area contributed by atoms with Crippen molar-refractivity contribution in [2.24, 2.45) is 5.92 Å². The lowest BCUT2D eigenvalue weighted by Crippen LogP contribution is -2.24. The third-order valence-corrected chi connectivity index (χ3v) is 3.50. The zero-order valence-corrected chi connectivity index (χ0v) is 17.0. The summed E-state index contributed by atoms with van der Waals surface area (Å²) in [5.74, 6) is -1.31. The second-order valence-electron chi connectivity index (χ2n) is 5.70.